The highest BCUT2D eigenvalue weighted by Gasteiger charge is 2.21. The Morgan fingerprint density at radius 2 is 1.70 bits per heavy atom. The van der Waals surface area contributed by atoms with Gasteiger partial charge in [-0.1, -0.05) is 26.7 Å². The van der Waals surface area contributed by atoms with Crippen LogP contribution in [0, 0.1) is 0 Å². The van der Waals surface area contributed by atoms with Crippen LogP contribution in [0.5, 0.6) is 0 Å². The fraction of sp³-hybridized carbons (Fsp3) is 0.400. The van der Waals surface area contributed by atoms with E-state index < -0.39 is 11.2 Å². The van der Waals surface area contributed by atoms with Crippen molar-refractivity contribution in [3.63, 3.8) is 0 Å². The normalized spacial score (nSPS) is 11.4. The van der Waals surface area contributed by atoms with Gasteiger partial charge in [-0.25, -0.2) is 24.7 Å². The molecule has 1 N–H and O–H groups in total. The number of hydrogen-bond acceptors (Lipinski definition) is 7. The first-order chi connectivity index (χ1) is 14.6. The third kappa shape index (κ3) is 3.70. The van der Waals surface area contributed by atoms with E-state index in [1.54, 1.807) is 23.0 Å². The van der Waals surface area contributed by atoms with E-state index in [1.165, 1.54) is 11.3 Å². The number of imidazole rings is 1. The number of thiazole rings is 1. The summed E-state index contributed by atoms with van der Waals surface area (Å²) in [6, 6.07) is 1.75. The van der Waals surface area contributed by atoms with E-state index in [0.29, 0.717) is 46.6 Å². The first kappa shape index (κ1) is 20.1. The van der Waals surface area contributed by atoms with Crippen molar-refractivity contribution < 1.29 is 0 Å². The van der Waals surface area contributed by atoms with E-state index in [-0.39, 0.29) is 0 Å². The Hall–Kier alpha value is -3.14. The monoisotopic (exact) mass is 425 g/mol. The van der Waals surface area contributed by atoms with Crippen molar-refractivity contribution in [1.29, 1.82) is 0 Å². The molecule has 4 rings (SSSR count). The molecule has 0 spiro atoms. The van der Waals surface area contributed by atoms with Crippen LogP contribution in [0.25, 0.3) is 33.5 Å². The van der Waals surface area contributed by atoms with Crippen LogP contribution in [0.15, 0.2) is 33.4 Å². The summed E-state index contributed by atoms with van der Waals surface area (Å²) in [7, 11) is 0. The zero-order valence-electron chi connectivity index (χ0n) is 17.0. The topological polar surface area (TPSA) is 111 Å². The minimum atomic E-state index is -0.427. The molecule has 0 aliphatic carbocycles. The summed E-state index contributed by atoms with van der Waals surface area (Å²) in [4.78, 5) is 45.5. The summed E-state index contributed by atoms with van der Waals surface area (Å²) in [5.74, 6) is 1.13. The summed E-state index contributed by atoms with van der Waals surface area (Å²) in [5, 5.41) is 2.56. The molecule has 0 saturated carbocycles. The molecule has 0 radical (unpaired) electrons. The molecule has 0 amide bonds. The molecule has 4 aromatic rings. The molecule has 0 fully saturated rings. The fourth-order valence-electron chi connectivity index (χ4n) is 3.31. The minimum absolute atomic E-state index is 0.411. The van der Waals surface area contributed by atoms with Crippen molar-refractivity contribution in [2.45, 2.75) is 52.6 Å². The molecule has 0 saturated heterocycles. The molecule has 156 valence electrons. The molecule has 10 heteroatoms. The Morgan fingerprint density at radius 1 is 1.00 bits per heavy atom. The van der Waals surface area contributed by atoms with Gasteiger partial charge < -0.3 is 4.57 Å². The Bertz CT molecular complexity index is 1270. The lowest BCUT2D eigenvalue weighted by Gasteiger charge is -2.07. The third-order valence-electron chi connectivity index (χ3n) is 4.85. The van der Waals surface area contributed by atoms with Gasteiger partial charge in [-0.2, -0.15) is 0 Å². The molecule has 9 nitrogen and oxygen atoms in total. The van der Waals surface area contributed by atoms with Gasteiger partial charge in [0.05, 0.1) is 0 Å². The molecule has 0 atom stereocenters. The van der Waals surface area contributed by atoms with E-state index in [2.05, 4.69) is 33.8 Å². The molecule has 30 heavy (non-hydrogen) atoms. The number of H-pyrrole nitrogens is 1. The molecule has 0 unspecified atom stereocenters. The second-order valence-corrected chi connectivity index (χ2v) is 7.85. The number of nitrogens with one attached hydrogen (secondary N) is 1. The number of hydrogen-bond donors (Lipinski definition) is 1. The van der Waals surface area contributed by atoms with Crippen molar-refractivity contribution >= 4 is 22.5 Å². The van der Waals surface area contributed by atoms with Crippen LogP contribution < -0.4 is 11.2 Å². The molecule has 4 heterocycles. The number of aryl methyl sites for hydroxylation is 2. The number of nitrogens with zero attached hydrogens (tertiary/aromatic N) is 6. The summed E-state index contributed by atoms with van der Waals surface area (Å²) < 4.78 is 3.43. The number of unbranched alkanes of at least 4 members (excludes halogenated alkanes) is 2. The van der Waals surface area contributed by atoms with Crippen LogP contribution in [0.4, 0.5) is 0 Å². The second kappa shape index (κ2) is 8.70. The van der Waals surface area contributed by atoms with E-state index >= 15 is 0 Å². The van der Waals surface area contributed by atoms with Gasteiger partial charge in [0.15, 0.2) is 27.8 Å². The van der Waals surface area contributed by atoms with E-state index in [4.69, 9.17) is 4.98 Å². The zero-order valence-corrected chi connectivity index (χ0v) is 17.8. The SMILES string of the molecule is CCCCn1c(-c2csc(-c3ncccn3)n2)nc2c1c(=O)[nH]c(=O)n2CCCC. The molecular weight excluding hydrogens is 402 g/mol. The maximum absolute atomic E-state index is 12.7. The average Bonchev–Trinajstić information content (AvgIpc) is 3.38. The van der Waals surface area contributed by atoms with Crippen LogP contribution in [-0.4, -0.2) is 34.1 Å². The predicted octanol–water partition coefficient (Wildman–Crippen LogP) is 3.07. The van der Waals surface area contributed by atoms with Gasteiger partial charge in [-0.05, 0) is 18.9 Å². The van der Waals surface area contributed by atoms with E-state index in [0.717, 1.165) is 25.7 Å². The standard InChI is InChI=1S/C20H23N7O2S/c1-3-5-10-26-14-17(27(11-6-4-2)20(29)25-18(14)28)24-16(26)13-12-30-19(23-13)15-21-8-7-9-22-15/h7-9,12H,3-6,10-11H2,1-2H3,(H,25,28,29). The third-order valence-corrected chi connectivity index (χ3v) is 5.68. The first-order valence-corrected chi connectivity index (χ1v) is 11.0. The lowest BCUT2D eigenvalue weighted by molar-refractivity contribution is 0.611. The Labute approximate surface area is 176 Å². The smallest absolute Gasteiger partial charge is 0.317 e. The van der Waals surface area contributed by atoms with Crippen molar-refractivity contribution in [1.82, 2.24) is 34.1 Å². The number of aromatic amines is 1. The van der Waals surface area contributed by atoms with Gasteiger partial charge in [-0.3, -0.25) is 14.3 Å². The Balaban J connectivity index is 1.91. The summed E-state index contributed by atoms with van der Waals surface area (Å²) in [6.45, 7) is 5.27. The van der Waals surface area contributed by atoms with Gasteiger partial charge in [0.2, 0.25) is 0 Å². The van der Waals surface area contributed by atoms with Gasteiger partial charge >= 0.3 is 5.69 Å². The molecule has 0 aromatic carbocycles. The number of fused-ring (bicyclic) bond motifs is 1. The maximum Gasteiger partial charge on any atom is 0.330 e. The second-order valence-electron chi connectivity index (χ2n) is 6.99. The van der Waals surface area contributed by atoms with Crippen LogP contribution in [0.1, 0.15) is 39.5 Å². The number of aromatic nitrogens is 7. The molecular formula is C20H23N7O2S. The molecule has 4 aromatic heterocycles. The van der Waals surface area contributed by atoms with Gasteiger partial charge in [0.25, 0.3) is 5.56 Å². The van der Waals surface area contributed by atoms with Crippen molar-refractivity contribution in [3.8, 4) is 22.4 Å². The predicted molar refractivity (Wildman–Crippen MR) is 117 cm³/mol. The Kier molecular flexibility index (Phi) is 5.84. The molecule has 0 aliphatic rings. The highest BCUT2D eigenvalue weighted by atomic mass is 32.1. The van der Waals surface area contributed by atoms with Crippen molar-refractivity contribution in [2.75, 3.05) is 0 Å². The van der Waals surface area contributed by atoms with Gasteiger partial charge in [-0.15, -0.1) is 11.3 Å². The van der Waals surface area contributed by atoms with Crippen molar-refractivity contribution in [3.05, 3.63) is 44.7 Å². The van der Waals surface area contributed by atoms with Crippen LogP contribution in [-0.2, 0) is 13.1 Å². The quantitative estimate of drug-likeness (QED) is 0.464. The Morgan fingerprint density at radius 3 is 2.40 bits per heavy atom. The minimum Gasteiger partial charge on any atom is -0.317 e. The molecule has 0 aliphatic heterocycles. The van der Waals surface area contributed by atoms with Crippen LogP contribution in [0.3, 0.4) is 0 Å². The van der Waals surface area contributed by atoms with Gasteiger partial charge in [0.1, 0.15) is 5.69 Å². The van der Waals surface area contributed by atoms with E-state index in [9.17, 15) is 9.59 Å². The largest absolute Gasteiger partial charge is 0.330 e. The lowest BCUT2D eigenvalue weighted by Crippen LogP contribution is -2.31. The zero-order chi connectivity index (χ0) is 21.1. The fourth-order valence-corrected chi connectivity index (χ4v) is 4.06. The van der Waals surface area contributed by atoms with Crippen molar-refractivity contribution in [2.24, 2.45) is 0 Å². The first-order valence-electron chi connectivity index (χ1n) is 10.1. The summed E-state index contributed by atoms with van der Waals surface area (Å²) in [6.07, 6.45) is 6.95. The average molecular weight is 426 g/mol. The van der Waals surface area contributed by atoms with Gasteiger partial charge in [0, 0.05) is 30.9 Å². The molecule has 0 bridgehead atoms. The lowest BCUT2D eigenvalue weighted by atomic mass is 10.3. The van der Waals surface area contributed by atoms with Crippen LogP contribution in [0.2, 0.25) is 0 Å². The van der Waals surface area contributed by atoms with E-state index in [1.807, 2.05) is 9.95 Å². The highest BCUT2D eigenvalue weighted by Crippen LogP contribution is 2.28. The maximum atomic E-state index is 12.7. The summed E-state index contributed by atoms with van der Waals surface area (Å²) in [5.41, 5.74) is 0.626. The van der Waals surface area contributed by atoms with Crippen LogP contribution >= 0.6 is 11.3 Å². The summed E-state index contributed by atoms with van der Waals surface area (Å²) >= 11 is 1.42. The highest BCUT2D eigenvalue weighted by molar-refractivity contribution is 7.13. The number of rotatable bonds is 8.